The van der Waals surface area contributed by atoms with Crippen LogP contribution in [0.25, 0.3) is 10.2 Å². The molecular weight excluding hydrogens is 376 g/mol. The number of ether oxygens (including phenoxy) is 2. The number of carbonyl (C=O) groups excluding carboxylic acids is 2. The molecule has 0 N–H and O–H groups in total. The fourth-order valence-electron chi connectivity index (χ4n) is 3.27. The summed E-state index contributed by atoms with van der Waals surface area (Å²) in [6.07, 6.45) is 1.89. The molecule has 2 heterocycles. The molecule has 1 fully saturated rings. The van der Waals surface area contributed by atoms with Crippen LogP contribution in [0.3, 0.4) is 0 Å². The van der Waals surface area contributed by atoms with E-state index in [1.807, 2.05) is 24.3 Å². The van der Waals surface area contributed by atoms with Crippen molar-refractivity contribution in [3.63, 3.8) is 0 Å². The number of esters is 1. The Morgan fingerprint density at radius 3 is 2.79 bits per heavy atom. The van der Waals surface area contributed by atoms with Crippen molar-refractivity contribution < 1.29 is 19.1 Å². The van der Waals surface area contributed by atoms with Gasteiger partial charge < -0.3 is 9.47 Å². The van der Waals surface area contributed by atoms with Crippen molar-refractivity contribution in [3.8, 4) is 0 Å². The third-order valence-electron chi connectivity index (χ3n) is 4.70. The summed E-state index contributed by atoms with van der Waals surface area (Å²) in [6.45, 7) is 1.14. The van der Waals surface area contributed by atoms with Gasteiger partial charge in [0.15, 0.2) is 5.13 Å². The molecule has 7 heteroatoms. The molecule has 1 aromatic heterocycles. The van der Waals surface area contributed by atoms with Gasteiger partial charge in [0.25, 0.3) is 5.91 Å². The van der Waals surface area contributed by atoms with Gasteiger partial charge in [-0.15, -0.1) is 0 Å². The molecule has 4 rings (SSSR count). The minimum atomic E-state index is -0.472. The lowest BCUT2D eigenvalue weighted by molar-refractivity contribution is 0.0600. The maximum atomic E-state index is 13.4. The van der Waals surface area contributed by atoms with E-state index in [1.54, 1.807) is 29.2 Å². The first-order valence-electron chi connectivity index (χ1n) is 9.13. The van der Waals surface area contributed by atoms with Crippen molar-refractivity contribution in [1.29, 1.82) is 0 Å². The predicted octanol–water partition coefficient (Wildman–Crippen LogP) is 3.91. The van der Waals surface area contributed by atoms with E-state index in [1.165, 1.54) is 18.4 Å². The molecule has 1 aliphatic heterocycles. The second kappa shape index (κ2) is 8.08. The maximum Gasteiger partial charge on any atom is 0.337 e. The highest BCUT2D eigenvalue weighted by Crippen LogP contribution is 2.30. The molecule has 1 saturated heterocycles. The van der Waals surface area contributed by atoms with Crippen LogP contribution in [0.5, 0.6) is 0 Å². The molecule has 144 valence electrons. The number of fused-ring (bicyclic) bond motifs is 1. The third-order valence-corrected chi connectivity index (χ3v) is 5.76. The number of carbonyl (C=O) groups is 2. The first-order valence-corrected chi connectivity index (χ1v) is 9.95. The van der Waals surface area contributed by atoms with Gasteiger partial charge in [-0.05, 0) is 43.2 Å². The Morgan fingerprint density at radius 2 is 2.04 bits per heavy atom. The van der Waals surface area contributed by atoms with Crippen molar-refractivity contribution in [2.45, 2.75) is 18.9 Å². The summed E-state index contributed by atoms with van der Waals surface area (Å²) in [5.74, 6) is -0.680. The van der Waals surface area contributed by atoms with Crippen LogP contribution in [0.4, 0.5) is 5.13 Å². The van der Waals surface area contributed by atoms with Crippen LogP contribution in [-0.4, -0.2) is 43.2 Å². The molecule has 1 atom stereocenters. The molecule has 0 spiro atoms. The number of para-hydroxylation sites is 1. The highest BCUT2D eigenvalue weighted by molar-refractivity contribution is 7.22. The van der Waals surface area contributed by atoms with Crippen molar-refractivity contribution in [1.82, 2.24) is 4.98 Å². The number of nitrogens with zero attached hydrogens (tertiary/aromatic N) is 2. The number of amides is 1. The molecule has 3 aromatic rings. The topological polar surface area (TPSA) is 68.7 Å². The Labute approximate surface area is 166 Å². The molecule has 0 saturated carbocycles. The SMILES string of the molecule is COC(=O)c1cccc(C(=O)N(C[C@H]2CCCO2)c2nc3ccccc3s2)c1. The monoisotopic (exact) mass is 396 g/mol. The van der Waals surface area contributed by atoms with E-state index in [-0.39, 0.29) is 12.0 Å². The standard InChI is InChI=1S/C21H20N2O4S/c1-26-20(25)15-7-4-6-14(12-15)19(24)23(13-16-8-5-11-27-16)21-22-17-9-2-3-10-18(17)28-21/h2-4,6-7,9-10,12,16H,5,8,11,13H2,1H3/t16-/m1/s1. The van der Waals surface area contributed by atoms with Crippen LogP contribution in [-0.2, 0) is 9.47 Å². The number of benzene rings is 2. The number of thiazole rings is 1. The summed E-state index contributed by atoms with van der Waals surface area (Å²) < 4.78 is 11.5. The number of aromatic nitrogens is 1. The van der Waals surface area contributed by atoms with Gasteiger partial charge in [0.05, 0.1) is 35.5 Å². The average molecular weight is 396 g/mol. The second-order valence-corrected chi connectivity index (χ2v) is 7.60. The van der Waals surface area contributed by atoms with Gasteiger partial charge in [-0.1, -0.05) is 29.5 Å². The van der Waals surface area contributed by atoms with E-state index < -0.39 is 5.97 Å². The molecule has 28 heavy (non-hydrogen) atoms. The molecule has 0 unspecified atom stereocenters. The number of methoxy groups -OCH3 is 1. The summed E-state index contributed by atoms with van der Waals surface area (Å²) in [5.41, 5.74) is 1.62. The van der Waals surface area contributed by atoms with Crippen molar-refractivity contribution >= 4 is 38.6 Å². The first-order chi connectivity index (χ1) is 13.7. The number of hydrogen-bond donors (Lipinski definition) is 0. The Morgan fingerprint density at radius 1 is 1.21 bits per heavy atom. The van der Waals surface area contributed by atoms with Gasteiger partial charge in [0, 0.05) is 12.2 Å². The van der Waals surface area contributed by atoms with Crippen LogP contribution >= 0.6 is 11.3 Å². The molecule has 1 amide bonds. The van der Waals surface area contributed by atoms with Gasteiger partial charge in [0.1, 0.15) is 0 Å². The zero-order chi connectivity index (χ0) is 19.5. The van der Waals surface area contributed by atoms with Crippen LogP contribution < -0.4 is 4.90 Å². The van der Waals surface area contributed by atoms with Gasteiger partial charge in [-0.25, -0.2) is 9.78 Å². The summed E-state index contributed by atoms with van der Waals surface area (Å²) in [4.78, 5) is 31.5. The maximum absolute atomic E-state index is 13.4. The van der Waals surface area contributed by atoms with Gasteiger partial charge >= 0.3 is 5.97 Å². The highest BCUT2D eigenvalue weighted by Gasteiger charge is 2.27. The van der Waals surface area contributed by atoms with E-state index in [9.17, 15) is 9.59 Å². The highest BCUT2D eigenvalue weighted by atomic mass is 32.1. The predicted molar refractivity (Wildman–Crippen MR) is 108 cm³/mol. The van der Waals surface area contributed by atoms with E-state index in [2.05, 4.69) is 4.98 Å². The summed E-state index contributed by atoms with van der Waals surface area (Å²) in [5, 5.41) is 0.630. The molecule has 1 aliphatic rings. The van der Waals surface area contributed by atoms with Crippen molar-refractivity contribution in [2.75, 3.05) is 25.2 Å². The normalized spacial score (nSPS) is 16.2. The minimum Gasteiger partial charge on any atom is -0.465 e. The summed E-state index contributed by atoms with van der Waals surface area (Å²) >= 11 is 1.47. The first kappa shape index (κ1) is 18.6. The van der Waals surface area contributed by atoms with Crippen molar-refractivity contribution in [2.24, 2.45) is 0 Å². The lowest BCUT2D eigenvalue weighted by Crippen LogP contribution is -2.37. The van der Waals surface area contributed by atoms with E-state index in [4.69, 9.17) is 9.47 Å². The van der Waals surface area contributed by atoms with Crippen LogP contribution in [0, 0.1) is 0 Å². The molecular formula is C21H20N2O4S. The van der Waals surface area contributed by atoms with Gasteiger partial charge in [-0.2, -0.15) is 0 Å². The van der Waals surface area contributed by atoms with Crippen LogP contribution in [0.15, 0.2) is 48.5 Å². The van der Waals surface area contributed by atoms with Gasteiger partial charge in [-0.3, -0.25) is 9.69 Å². The van der Waals surface area contributed by atoms with Gasteiger partial charge in [0.2, 0.25) is 0 Å². The molecule has 0 radical (unpaired) electrons. The molecule has 0 bridgehead atoms. The lowest BCUT2D eigenvalue weighted by atomic mass is 10.1. The zero-order valence-electron chi connectivity index (χ0n) is 15.5. The Balaban J connectivity index is 1.70. The van der Waals surface area contributed by atoms with Crippen LogP contribution in [0.2, 0.25) is 0 Å². The summed E-state index contributed by atoms with van der Waals surface area (Å²) in [6, 6.07) is 14.4. The fraction of sp³-hybridized carbons (Fsp3) is 0.286. The summed E-state index contributed by atoms with van der Waals surface area (Å²) in [7, 11) is 1.32. The quantitative estimate of drug-likeness (QED) is 0.612. The number of anilines is 1. The fourth-order valence-corrected chi connectivity index (χ4v) is 4.24. The van der Waals surface area contributed by atoms with E-state index in [0.29, 0.717) is 29.4 Å². The van der Waals surface area contributed by atoms with Crippen LogP contribution in [0.1, 0.15) is 33.6 Å². The van der Waals surface area contributed by atoms with E-state index >= 15 is 0 Å². The molecule has 6 nitrogen and oxygen atoms in total. The Kier molecular flexibility index (Phi) is 5.36. The van der Waals surface area contributed by atoms with E-state index in [0.717, 1.165) is 23.1 Å². The smallest absolute Gasteiger partial charge is 0.337 e. The minimum absolute atomic E-state index is 0.0141. The third kappa shape index (κ3) is 3.76. The van der Waals surface area contributed by atoms with Crippen molar-refractivity contribution in [3.05, 3.63) is 59.7 Å². The second-order valence-electron chi connectivity index (χ2n) is 6.59. The Hall–Kier alpha value is -2.77. The Bertz CT molecular complexity index is 977. The number of hydrogen-bond acceptors (Lipinski definition) is 6. The lowest BCUT2D eigenvalue weighted by Gasteiger charge is -2.23. The zero-order valence-corrected chi connectivity index (χ0v) is 16.3. The largest absolute Gasteiger partial charge is 0.465 e. The average Bonchev–Trinajstić information content (AvgIpc) is 3.40. The molecule has 0 aliphatic carbocycles. The molecule has 2 aromatic carbocycles. The number of rotatable bonds is 5.